The number of urea groups is 1. The van der Waals surface area contributed by atoms with Crippen molar-refractivity contribution in [3.05, 3.63) is 30.1 Å². The quantitative estimate of drug-likeness (QED) is 0.568. The van der Waals surface area contributed by atoms with E-state index in [1.807, 2.05) is 6.20 Å². The molecule has 2 aromatic rings. The topological polar surface area (TPSA) is 129 Å². The first-order valence-corrected chi connectivity index (χ1v) is 10.3. The third-order valence-corrected chi connectivity index (χ3v) is 5.30. The molecule has 11 heteroatoms. The van der Waals surface area contributed by atoms with Gasteiger partial charge in [-0.1, -0.05) is 5.21 Å². The van der Waals surface area contributed by atoms with E-state index in [4.69, 9.17) is 18.9 Å². The summed E-state index contributed by atoms with van der Waals surface area (Å²) in [5, 5.41) is 23.6. The first-order chi connectivity index (χ1) is 15.1. The zero-order valence-electron chi connectivity index (χ0n) is 17.3. The van der Waals surface area contributed by atoms with Gasteiger partial charge in [0.25, 0.3) is 0 Å². The summed E-state index contributed by atoms with van der Waals surface area (Å²) in [6, 6.07) is 4.55. The van der Waals surface area contributed by atoms with Gasteiger partial charge in [0.2, 0.25) is 6.79 Å². The van der Waals surface area contributed by atoms with Gasteiger partial charge in [-0.3, -0.25) is 4.68 Å². The molecule has 1 fully saturated rings. The molecule has 0 spiro atoms. The maximum absolute atomic E-state index is 12.4. The van der Waals surface area contributed by atoms with Gasteiger partial charge in [0.1, 0.15) is 11.8 Å². The van der Waals surface area contributed by atoms with Crippen molar-refractivity contribution < 1.29 is 28.8 Å². The molecule has 1 saturated heterocycles. The minimum Gasteiger partial charge on any atom is -0.454 e. The van der Waals surface area contributed by atoms with Crippen LogP contribution in [0.15, 0.2) is 24.4 Å². The van der Waals surface area contributed by atoms with E-state index in [1.54, 1.807) is 30.0 Å². The van der Waals surface area contributed by atoms with Gasteiger partial charge < -0.3 is 34.7 Å². The van der Waals surface area contributed by atoms with Crippen molar-refractivity contribution in [2.24, 2.45) is 0 Å². The molecule has 0 radical (unpaired) electrons. The summed E-state index contributed by atoms with van der Waals surface area (Å²) in [5.41, 5.74) is 1.37. The molecule has 2 aliphatic rings. The largest absolute Gasteiger partial charge is 0.454 e. The summed E-state index contributed by atoms with van der Waals surface area (Å²) in [7, 11) is 1.61. The van der Waals surface area contributed by atoms with Gasteiger partial charge in [0.05, 0.1) is 31.6 Å². The maximum Gasteiger partial charge on any atom is 0.319 e. The highest BCUT2D eigenvalue weighted by atomic mass is 16.7. The average molecular weight is 433 g/mol. The number of carbonyl (C=O) groups is 1. The number of anilines is 1. The number of nitrogens with zero attached hydrogens (tertiary/aromatic N) is 3. The lowest BCUT2D eigenvalue weighted by molar-refractivity contribution is -0.0905. The summed E-state index contributed by atoms with van der Waals surface area (Å²) in [5.74, 6) is 1.25. The minimum absolute atomic E-state index is 0.0257. The van der Waals surface area contributed by atoms with E-state index < -0.39 is 6.10 Å². The second-order valence-corrected chi connectivity index (χ2v) is 7.52. The number of hydrogen-bond acceptors (Lipinski definition) is 8. The Morgan fingerprint density at radius 3 is 3.03 bits per heavy atom. The number of aliphatic hydroxyl groups is 1. The molecule has 2 aliphatic heterocycles. The van der Waals surface area contributed by atoms with Crippen molar-refractivity contribution in [2.75, 3.05) is 25.8 Å². The van der Waals surface area contributed by atoms with Gasteiger partial charge in [-0.05, 0) is 31.4 Å². The molecule has 0 aliphatic carbocycles. The van der Waals surface area contributed by atoms with E-state index in [9.17, 15) is 9.90 Å². The Bertz CT molecular complexity index is 891. The molecule has 3 heterocycles. The highest BCUT2D eigenvalue weighted by Gasteiger charge is 2.32. The van der Waals surface area contributed by atoms with Gasteiger partial charge in [-0.25, -0.2) is 4.79 Å². The van der Waals surface area contributed by atoms with Crippen molar-refractivity contribution in [3.8, 4) is 11.5 Å². The van der Waals surface area contributed by atoms with Crippen molar-refractivity contribution in [1.82, 2.24) is 20.3 Å². The second-order valence-electron chi connectivity index (χ2n) is 7.52. The molecule has 2 amide bonds. The first kappa shape index (κ1) is 21.3. The number of carbonyl (C=O) groups excluding carboxylic acids is 1. The van der Waals surface area contributed by atoms with Crippen LogP contribution in [0.4, 0.5) is 10.5 Å². The van der Waals surface area contributed by atoms with Crippen molar-refractivity contribution in [3.63, 3.8) is 0 Å². The lowest BCUT2D eigenvalue weighted by Crippen LogP contribution is -2.52. The zero-order valence-corrected chi connectivity index (χ0v) is 17.3. The lowest BCUT2D eigenvalue weighted by Gasteiger charge is -2.36. The highest BCUT2D eigenvalue weighted by Crippen LogP contribution is 2.34. The predicted molar refractivity (Wildman–Crippen MR) is 109 cm³/mol. The fraction of sp³-hybridized carbons (Fsp3) is 0.550. The Balaban J connectivity index is 1.24. The van der Waals surface area contributed by atoms with Crippen molar-refractivity contribution in [1.29, 1.82) is 0 Å². The van der Waals surface area contributed by atoms with Crippen LogP contribution in [-0.4, -0.2) is 64.9 Å². The SMILES string of the molecule is COCc1cn(CC[C@H]2CC[C@H](NC(=O)Nc3ccc4c(c3)OCO4)[C@@H](CO)O2)nn1. The van der Waals surface area contributed by atoms with Crippen LogP contribution in [0.25, 0.3) is 0 Å². The van der Waals surface area contributed by atoms with Crippen molar-refractivity contribution >= 4 is 11.7 Å². The Labute approximate surface area is 179 Å². The Hall–Kier alpha value is -2.89. The number of rotatable bonds is 8. The van der Waals surface area contributed by atoms with Gasteiger partial charge >= 0.3 is 6.03 Å². The number of fused-ring (bicyclic) bond motifs is 1. The monoisotopic (exact) mass is 433 g/mol. The number of hydrogen-bond donors (Lipinski definition) is 3. The Morgan fingerprint density at radius 1 is 1.32 bits per heavy atom. The van der Waals surface area contributed by atoms with Gasteiger partial charge in [-0.2, -0.15) is 0 Å². The average Bonchev–Trinajstić information content (AvgIpc) is 3.42. The van der Waals surface area contributed by atoms with Gasteiger partial charge in [-0.15, -0.1) is 5.10 Å². The molecule has 1 aromatic carbocycles. The van der Waals surface area contributed by atoms with E-state index in [0.717, 1.165) is 18.5 Å². The maximum atomic E-state index is 12.4. The number of aliphatic hydroxyl groups excluding tert-OH is 1. The number of ether oxygens (including phenoxy) is 4. The third-order valence-electron chi connectivity index (χ3n) is 5.30. The first-order valence-electron chi connectivity index (χ1n) is 10.3. The van der Waals surface area contributed by atoms with E-state index in [0.29, 0.717) is 36.8 Å². The number of methoxy groups -OCH3 is 1. The molecule has 168 valence electrons. The number of aromatic nitrogens is 3. The van der Waals surface area contributed by atoms with Crippen molar-refractivity contribution in [2.45, 2.75) is 50.7 Å². The zero-order chi connectivity index (χ0) is 21.6. The molecular weight excluding hydrogens is 406 g/mol. The summed E-state index contributed by atoms with van der Waals surface area (Å²) in [6.07, 6.45) is 3.56. The predicted octanol–water partition coefficient (Wildman–Crippen LogP) is 1.27. The smallest absolute Gasteiger partial charge is 0.319 e. The van der Waals surface area contributed by atoms with Crippen LogP contribution in [0, 0.1) is 0 Å². The fourth-order valence-electron chi connectivity index (χ4n) is 3.76. The van der Waals surface area contributed by atoms with Gasteiger partial charge in [0, 0.05) is 25.4 Å². The summed E-state index contributed by atoms with van der Waals surface area (Å²) < 4.78 is 23.4. The van der Waals surface area contributed by atoms with Crippen LogP contribution >= 0.6 is 0 Å². The number of nitrogens with one attached hydrogen (secondary N) is 2. The highest BCUT2D eigenvalue weighted by molar-refractivity contribution is 5.90. The molecule has 11 nitrogen and oxygen atoms in total. The molecular formula is C20H27N5O6. The second kappa shape index (κ2) is 9.94. The van der Waals surface area contributed by atoms with Crippen LogP contribution in [0.2, 0.25) is 0 Å². The molecule has 0 saturated carbocycles. The van der Waals surface area contributed by atoms with Gasteiger partial charge in [0.15, 0.2) is 11.5 Å². The molecule has 0 bridgehead atoms. The number of aryl methyl sites for hydroxylation is 1. The lowest BCUT2D eigenvalue weighted by atomic mass is 9.97. The Morgan fingerprint density at radius 2 is 2.19 bits per heavy atom. The summed E-state index contributed by atoms with van der Waals surface area (Å²) >= 11 is 0. The van der Waals surface area contributed by atoms with E-state index in [-0.39, 0.29) is 31.6 Å². The number of benzene rings is 1. The molecule has 1 aromatic heterocycles. The molecule has 0 unspecified atom stereocenters. The van der Waals surface area contributed by atoms with E-state index in [1.165, 1.54) is 0 Å². The standard InChI is InChI=1S/C20H27N5O6/c1-28-11-14-9-25(24-23-14)7-6-15-3-4-16(19(10-26)31-15)22-20(27)21-13-2-5-17-18(8-13)30-12-29-17/h2,5,8-9,15-16,19,26H,3-4,6-7,10-12H2,1H3,(H2,21,22,27)/t15-,16+,19-/m1/s1. The minimum atomic E-state index is -0.471. The van der Waals surface area contributed by atoms with Crippen LogP contribution < -0.4 is 20.1 Å². The Kier molecular flexibility index (Phi) is 6.85. The van der Waals surface area contributed by atoms with Crippen LogP contribution in [0.5, 0.6) is 11.5 Å². The molecule has 3 N–H and O–H groups in total. The summed E-state index contributed by atoms with van der Waals surface area (Å²) in [6.45, 7) is 1.08. The normalized spacial score (nSPS) is 22.3. The van der Waals surface area contributed by atoms with Crippen LogP contribution in [0.1, 0.15) is 25.0 Å². The molecule has 3 atom stereocenters. The molecule has 31 heavy (non-hydrogen) atoms. The van der Waals surface area contributed by atoms with Crippen LogP contribution in [0.3, 0.4) is 0 Å². The molecule has 4 rings (SSSR count). The fourth-order valence-corrected chi connectivity index (χ4v) is 3.76. The van der Waals surface area contributed by atoms with E-state index >= 15 is 0 Å². The number of amides is 2. The van der Waals surface area contributed by atoms with Crippen LogP contribution in [-0.2, 0) is 22.6 Å². The van der Waals surface area contributed by atoms with E-state index in [2.05, 4.69) is 20.9 Å². The summed E-state index contributed by atoms with van der Waals surface area (Å²) in [4.78, 5) is 12.4. The third kappa shape index (κ3) is 5.43.